The fourth-order valence-electron chi connectivity index (χ4n) is 3.28. The predicted molar refractivity (Wildman–Crippen MR) is 69.7 cm³/mol. The van der Waals surface area contributed by atoms with E-state index in [-0.39, 0.29) is 0 Å². The summed E-state index contributed by atoms with van der Waals surface area (Å²) < 4.78 is 0. The summed E-state index contributed by atoms with van der Waals surface area (Å²) in [4.78, 5) is 0. The lowest BCUT2D eigenvalue weighted by molar-refractivity contribution is 0.179. The van der Waals surface area contributed by atoms with Gasteiger partial charge >= 0.3 is 0 Å². The lowest BCUT2D eigenvalue weighted by Gasteiger charge is -2.39. The molecule has 0 radical (unpaired) electrons. The van der Waals surface area contributed by atoms with E-state index >= 15 is 0 Å². The summed E-state index contributed by atoms with van der Waals surface area (Å²) in [5.41, 5.74) is 0.551. The Labute approximate surface area is 101 Å². The highest BCUT2D eigenvalue weighted by Gasteiger charge is 2.30. The van der Waals surface area contributed by atoms with Crippen LogP contribution in [-0.4, -0.2) is 25.7 Å². The Kier molecular flexibility index (Phi) is 4.66. The van der Waals surface area contributed by atoms with Crippen LogP contribution in [0.25, 0.3) is 0 Å². The van der Waals surface area contributed by atoms with Crippen molar-refractivity contribution in [2.75, 3.05) is 19.6 Å². The molecule has 2 N–H and O–H groups in total. The summed E-state index contributed by atoms with van der Waals surface area (Å²) in [6, 6.07) is 0.819. The molecule has 1 saturated carbocycles. The van der Waals surface area contributed by atoms with E-state index in [1.165, 1.54) is 71.0 Å². The molecule has 94 valence electrons. The van der Waals surface area contributed by atoms with Gasteiger partial charge in [0.05, 0.1) is 0 Å². The van der Waals surface area contributed by atoms with Gasteiger partial charge < -0.3 is 10.6 Å². The van der Waals surface area contributed by atoms with Crippen LogP contribution >= 0.6 is 0 Å². The smallest absolute Gasteiger partial charge is 0.00673 e. The van der Waals surface area contributed by atoms with Crippen LogP contribution < -0.4 is 10.6 Å². The van der Waals surface area contributed by atoms with Crippen molar-refractivity contribution < 1.29 is 0 Å². The van der Waals surface area contributed by atoms with Gasteiger partial charge in [0.25, 0.3) is 0 Å². The Morgan fingerprint density at radius 2 is 2.00 bits per heavy atom. The lowest BCUT2D eigenvalue weighted by Crippen LogP contribution is -2.48. The second-order valence-corrected chi connectivity index (χ2v) is 5.85. The highest BCUT2D eigenvalue weighted by Crippen LogP contribution is 2.30. The Balaban J connectivity index is 1.77. The maximum atomic E-state index is 3.84. The van der Waals surface area contributed by atoms with E-state index in [9.17, 15) is 0 Å². The van der Waals surface area contributed by atoms with Crippen LogP contribution in [-0.2, 0) is 0 Å². The van der Waals surface area contributed by atoms with E-state index in [0.29, 0.717) is 5.41 Å². The maximum absolute atomic E-state index is 3.84. The minimum atomic E-state index is 0.551. The first kappa shape index (κ1) is 12.4. The zero-order valence-corrected chi connectivity index (χ0v) is 10.9. The third-order valence-electron chi connectivity index (χ3n) is 4.68. The molecule has 1 aliphatic heterocycles. The monoisotopic (exact) mass is 224 g/mol. The van der Waals surface area contributed by atoms with Gasteiger partial charge in [-0.2, -0.15) is 0 Å². The molecule has 2 nitrogen and oxygen atoms in total. The highest BCUT2D eigenvalue weighted by molar-refractivity contribution is 4.87. The highest BCUT2D eigenvalue weighted by atomic mass is 15.0. The van der Waals surface area contributed by atoms with Gasteiger partial charge in [0.2, 0.25) is 0 Å². The Bertz CT molecular complexity index is 191. The molecule has 0 aromatic carbocycles. The molecular weight excluding hydrogens is 196 g/mol. The molecule has 2 fully saturated rings. The molecule has 0 aromatic rings. The largest absolute Gasteiger partial charge is 0.316 e. The van der Waals surface area contributed by atoms with E-state index in [1.807, 2.05) is 0 Å². The SMILES string of the molecule is CCC1(CNC2CCCCC2)CCCNC1. The lowest BCUT2D eigenvalue weighted by atomic mass is 9.78. The summed E-state index contributed by atoms with van der Waals surface area (Å²) >= 11 is 0. The molecule has 0 bridgehead atoms. The fourth-order valence-corrected chi connectivity index (χ4v) is 3.28. The van der Waals surface area contributed by atoms with Crippen molar-refractivity contribution in [1.82, 2.24) is 10.6 Å². The van der Waals surface area contributed by atoms with Gasteiger partial charge in [-0.15, -0.1) is 0 Å². The zero-order valence-electron chi connectivity index (χ0n) is 10.9. The second-order valence-electron chi connectivity index (χ2n) is 5.85. The van der Waals surface area contributed by atoms with E-state index in [1.54, 1.807) is 0 Å². The van der Waals surface area contributed by atoms with Crippen LogP contribution in [0, 0.1) is 5.41 Å². The van der Waals surface area contributed by atoms with Gasteiger partial charge in [-0.1, -0.05) is 26.2 Å². The van der Waals surface area contributed by atoms with Crippen LogP contribution in [0.4, 0.5) is 0 Å². The van der Waals surface area contributed by atoms with Crippen molar-refractivity contribution in [2.24, 2.45) is 5.41 Å². The van der Waals surface area contributed by atoms with Gasteiger partial charge in [-0.3, -0.25) is 0 Å². The summed E-state index contributed by atoms with van der Waals surface area (Å²) in [6.07, 6.45) is 11.2. The van der Waals surface area contributed by atoms with Crippen molar-refractivity contribution >= 4 is 0 Å². The minimum absolute atomic E-state index is 0.551. The van der Waals surface area contributed by atoms with Crippen LogP contribution in [0.2, 0.25) is 0 Å². The quantitative estimate of drug-likeness (QED) is 0.767. The fraction of sp³-hybridized carbons (Fsp3) is 1.00. The first-order valence-corrected chi connectivity index (χ1v) is 7.29. The Hall–Kier alpha value is -0.0800. The summed E-state index contributed by atoms with van der Waals surface area (Å²) in [6.45, 7) is 6.05. The molecule has 0 aromatic heterocycles. The molecule has 0 spiro atoms. The summed E-state index contributed by atoms with van der Waals surface area (Å²) in [5, 5.41) is 7.42. The number of rotatable bonds is 4. The number of hydrogen-bond acceptors (Lipinski definition) is 2. The molecule has 1 aliphatic carbocycles. The molecule has 1 heterocycles. The maximum Gasteiger partial charge on any atom is 0.00673 e. The molecule has 16 heavy (non-hydrogen) atoms. The molecule has 1 atom stereocenters. The molecule has 2 rings (SSSR count). The average Bonchev–Trinajstić information content (AvgIpc) is 2.39. The van der Waals surface area contributed by atoms with Crippen molar-refractivity contribution in [3.63, 3.8) is 0 Å². The van der Waals surface area contributed by atoms with Gasteiger partial charge in [-0.05, 0) is 44.1 Å². The van der Waals surface area contributed by atoms with E-state index in [4.69, 9.17) is 0 Å². The van der Waals surface area contributed by atoms with Gasteiger partial charge in [-0.25, -0.2) is 0 Å². The van der Waals surface area contributed by atoms with E-state index in [2.05, 4.69) is 17.6 Å². The molecule has 0 amide bonds. The summed E-state index contributed by atoms with van der Waals surface area (Å²) in [5.74, 6) is 0. The standard InChI is InChI=1S/C14H28N2/c1-2-14(9-6-10-15-11-14)12-16-13-7-4-3-5-8-13/h13,15-16H,2-12H2,1H3. The molecule has 2 aliphatic rings. The topological polar surface area (TPSA) is 24.1 Å². The van der Waals surface area contributed by atoms with Crippen LogP contribution in [0.15, 0.2) is 0 Å². The van der Waals surface area contributed by atoms with Crippen molar-refractivity contribution in [1.29, 1.82) is 0 Å². The third-order valence-corrected chi connectivity index (χ3v) is 4.68. The van der Waals surface area contributed by atoms with Crippen molar-refractivity contribution in [2.45, 2.75) is 64.3 Å². The molecule has 1 unspecified atom stereocenters. The number of nitrogens with one attached hydrogen (secondary N) is 2. The predicted octanol–water partition coefficient (Wildman–Crippen LogP) is 2.69. The normalized spacial score (nSPS) is 32.8. The Morgan fingerprint density at radius 1 is 1.19 bits per heavy atom. The van der Waals surface area contributed by atoms with Crippen molar-refractivity contribution in [3.8, 4) is 0 Å². The first-order chi connectivity index (χ1) is 7.85. The number of piperidine rings is 1. The Morgan fingerprint density at radius 3 is 2.62 bits per heavy atom. The van der Waals surface area contributed by atoms with Gasteiger partial charge in [0, 0.05) is 19.1 Å². The minimum Gasteiger partial charge on any atom is -0.316 e. The third kappa shape index (κ3) is 3.21. The summed E-state index contributed by atoms with van der Waals surface area (Å²) in [7, 11) is 0. The molecule has 2 heteroatoms. The average molecular weight is 224 g/mol. The van der Waals surface area contributed by atoms with E-state index in [0.717, 1.165) is 6.04 Å². The van der Waals surface area contributed by atoms with Crippen LogP contribution in [0.1, 0.15) is 58.3 Å². The molecular formula is C14H28N2. The zero-order chi connectivity index (χ0) is 11.3. The van der Waals surface area contributed by atoms with Crippen molar-refractivity contribution in [3.05, 3.63) is 0 Å². The number of hydrogen-bond donors (Lipinski definition) is 2. The molecule has 1 saturated heterocycles. The first-order valence-electron chi connectivity index (χ1n) is 7.29. The van der Waals surface area contributed by atoms with Gasteiger partial charge in [0.1, 0.15) is 0 Å². The van der Waals surface area contributed by atoms with Crippen LogP contribution in [0.3, 0.4) is 0 Å². The van der Waals surface area contributed by atoms with Crippen LogP contribution in [0.5, 0.6) is 0 Å². The second kappa shape index (κ2) is 6.02. The van der Waals surface area contributed by atoms with E-state index < -0.39 is 0 Å². The van der Waals surface area contributed by atoms with Gasteiger partial charge in [0.15, 0.2) is 0 Å².